The van der Waals surface area contributed by atoms with Gasteiger partial charge in [-0.05, 0) is 6.07 Å². The van der Waals surface area contributed by atoms with Crippen LogP contribution in [0.1, 0.15) is 17.2 Å². The molecule has 0 radical (unpaired) electrons. The molecule has 0 aromatic heterocycles. The van der Waals surface area contributed by atoms with Crippen LogP contribution in [0.4, 0.5) is 30.7 Å². The number of aliphatic hydroxyl groups is 1. The molecular formula is C9H5F7O. The predicted octanol–water partition coefficient (Wildman–Crippen LogP) is 3.44. The molecule has 1 unspecified atom stereocenters. The van der Waals surface area contributed by atoms with E-state index in [4.69, 9.17) is 5.11 Å². The molecule has 0 aliphatic carbocycles. The van der Waals surface area contributed by atoms with Gasteiger partial charge in [0.25, 0.3) is 0 Å². The summed E-state index contributed by atoms with van der Waals surface area (Å²) in [5, 5.41) is 8.70. The van der Waals surface area contributed by atoms with Gasteiger partial charge in [-0.25, -0.2) is 4.39 Å². The summed E-state index contributed by atoms with van der Waals surface area (Å²) >= 11 is 0. The normalized spacial score (nSPS) is 14.8. The highest BCUT2D eigenvalue weighted by Crippen LogP contribution is 2.38. The summed E-state index contributed by atoms with van der Waals surface area (Å²) in [6.07, 6.45) is -13.6. The Morgan fingerprint density at radius 1 is 1.00 bits per heavy atom. The second kappa shape index (κ2) is 4.17. The van der Waals surface area contributed by atoms with Crippen molar-refractivity contribution in [3.63, 3.8) is 0 Å². The minimum Gasteiger partial charge on any atom is -0.379 e. The molecule has 17 heavy (non-hydrogen) atoms. The van der Waals surface area contributed by atoms with E-state index in [1.807, 2.05) is 0 Å². The number of hydrogen-bond donors (Lipinski definition) is 1. The van der Waals surface area contributed by atoms with Crippen LogP contribution in [0.5, 0.6) is 0 Å². The van der Waals surface area contributed by atoms with Crippen LogP contribution in [0.15, 0.2) is 18.2 Å². The van der Waals surface area contributed by atoms with E-state index in [-0.39, 0.29) is 0 Å². The quantitative estimate of drug-likeness (QED) is 0.768. The Hall–Kier alpha value is -1.31. The summed E-state index contributed by atoms with van der Waals surface area (Å²) in [4.78, 5) is 0. The molecule has 96 valence electrons. The van der Waals surface area contributed by atoms with Gasteiger partial charge in [0.05, 0.1) is 5.56 Å². The molecule has 1 rings (SSSR count). The molecule has 0 heterocycles. The van der Waals surface area contributed by atoms with E-state index in [2.05, 4.69) is 0 Å². The summed E-state index contributed by atoms with van der Waals surface area (Å²) in [7, 11) is 0. The summed E-state index contributed by atoms with van der Waals surface area (Å²) in [6, 6.07) is 1.33. The first-order valence-corrected chi connectivity index (χ1v) is 4.15. The summed E-state index contributed by atoms with van der Waals surface area (Å²) in [6.45, 7) is 0. The van der Waals surface area contributed by atoms with Crippen molar-refractivity contribution in [2.24, 2.45) is 0 Å². The topological polar surface area (TPSA) is 20.2 Å². The first-order chi connectivity index (χ1) is 7.55. The van der Waals surface area contributed by atoms with Crippen LogP contribution in [-0.4, -0.2) is 11.3 Å². The van der Waals surface area contributed by atoms with Crippen molar-refractivity contribution in [2.75, 3.05) is 0 Å². The lowest BCUT2D eigenvalue weighted by Crippen LogP contribution is -2.22. The van der Waals surface area contributed by atoms with Crippen molar-refractivity contribution in [3.05, 3.63) is 35.1 Å². The van der Waals surface area contributed by atoms with Gasteiger partial charge in [0.1, 0.15) is 5.82 Å². The molecule has 0 aliphatic rings. The number of halogens is 7. The first kappa shape index (κ1) is 13.8. The Balaban J connectivity index is 3.30. The molecule has 0 amide bonds. The van der Waals surface area contributed by atoms with E-state index >= 15 is 0 Å². The minimum atomic E-state index is -5.23. The Kier molecular flexibility index (Phi) is 3.37. The molecule has 0 bridgehead atoms. The fourth-order valence-corrected chi connectivity index (χ4v) is 1.16. The highest BCUT2D eigenvalue weighted by Gasteiger charge is 2.43. The van der Waals surface area contributed by atoms with Gasteiger partial charge in [-0.2, -0.15) is 26.3 Å². The molecule has 1 nitrogen and oxygen atoms in total. The molecule has 8 heteroatoms. The second-order valence-electron chi connectivity index (χ2n) is 3.15. The van der Waals surface area contributed by atoms with Gasteiger partial charge in [-0.1, -0.05) is 12.1 Å². The van der Waals surface area contributed by atoms with E-state index in [1.54, 1.807) is 0 Å². The molecule has 0 spiro atoms. The molecule has 0 fully saturated rings. The maximum absolute atomic E-state index is 13.2. The van der Waals surface area contributed by atoms with E-state index in [0.717, 1.165) is 0 Å². The summed E-state index contributed by atoms with van der Waals surface area (Å²) in [5.41, 5.74) is -3.30. The van der Waals surface area contributed by atoms with Crippen molar-refractivity contribution in [2.45, 2.75) is 18.5 Å². The Morgan fingerprint density at radius 3 is 1.94 bits per heavy atom. The van der Waals surface area contributed by atoms with Crippen LogP contribution in [0.25, 0.3) is 0 Å². The minimum absolute atomic E-state index is 0.294. The number of benzene rings is 1. The highest BCUT2D eigenvalue weighted by molar-refractivity contribution is 5.30. The average Bonchev–Trinajstić information content (AvgIpc) is 2.13. The molecule has 1 N–H and O–H groups in total. The molecule has 1 atom stereocenters. The number of hydrogen-bond acceptors (Lipinski definition) is 1. The summed E-state index contributed by atoms with van der Waals surface area (Å²) in [5.74, 6) is -2.12. The zero-order valence-electron chi connectivity index (χ0n) is 7.90. The Bertz CT molecular complexity index is 407. The van der Waals surface area contributed by atoms with E-state index in [0.29, 0.717) is 18.2 Å². The lowest BCUT2D eigenvalue weighted by molar-refractivity contribution is -0.208. The van der Waals surface area contributed by atoms with Gasteiger partial charge >= 0.3 is 12.4 Å². The SMILES string of the molecule is OC(c1cccc(C(F)(F)F)c1F)C(F)(F)F. The fraction of sp³-hybridized carbons (Fsp3) is 0.333. The molecule has 0 aliphatic heterocycles. The van der Waals surface area contributed by atoms with Crippen LogP contribution in [0.2, 0.25) is 0 Å². The van der Waals surface area contributed by atoms with E-state index in [1.165, 1.54) is 0 Å². The van der Waals surface area contributed by atoms with Crippen LogP contribution >= 0.6 is 0 Å². The third-order valence-corrected chi connectivity index (χ3v) is 1.94. The zero-order chi connectivity index (χ0) is 13.4. The maximum Gasteiger partial charge on any atom is 0.419 e. The smallest absolute Gasteiger partial charge is 0.379 e. The standard InChI is InChI=1S/C9H5F7O/c10-6-4(7(17)9(14,15)16)2-1-3-5(6)8(11,12)13/h1-3,7,17H. The third-order valence-electron chi connectivity index (χ3n) is 1.94. The summed E-state index contributed by atoms with van der Waals surface area (Å²) < 4.78 is 85.9. The van der Waals surface area contributed by atoms with Gasteiger partial charge in [-0.15, -0.1) is 0 Å². The predicted molar refractivity (Wildman–Crippen MR) is 42.4 cm³/mol. The third kappa shape index (κ3) is 2.87. The molecule has 1 aromatic carbocycles. The van der Waals surface area contributed by atoms with Gasteiger partial charge in [0.15, 0.2) is 6.10 Å². The Labute approximate surface area is 90.5 Å². The fourth-order valence-electron chi connectivity index (χ4n) is 1.16. The molecule has 1 aromatic rings. The van der Waals surface area contributed by atoms with Crippen molar-refractivity contribution in [3.8, 4) is 0 Å². The van der Waals surface area contributed by atoms with E-state index in [9.17, 15) is 30.7 Å². The lowest BCUT2D eigenvalue weighted by atomic mass is 10.0. The molecule has 0 saturated heterocycles. The number of alkyl halides is 6. The highest BCUT2D eigenvalue weighted by atomic mass is 19.4. The van der Waals surface area contributed by atoms with Gasteiger partial charge in [-0.3, -0.25) is 0 Å². The second-order valence-corrected chi connectivity index (χ2v) is 3.15. The van der Waals surface area contributed by atoms with Crippen LogP contribution in [0, 0.1) is 5.82 Å². The van der Waals surface area contributed by atoms with Crippen molar-refractivity contribution in [1.82, 2.24) is 0 Å². The van der Waals surface area contributed by atoms with Crippen LogP contribution in [-0.2, 0) is 6.18 Å². The van der Waals surface area contributed by atoms with Gasteiger partial charge in [0.2, 0.25) is 0 Å². The Morgan fingerprint density at radius 2 is 1.53 bits per heavy atom. The van der Waals surface area contributed by atoms with Crippen LogP contribution in [0.3, 0.4) is 0 Å². The van der Waals surface area contributed by atoms with Crippen molar-refractivity contribution in [1.29, 1.82) is 0 Å². The maximum atomic E-state index is 13.2. The van der Waals surface area contributed by atoms with Gasteiger partial charge in [0, 0.05) is 5.56 Å². The monoisotopic (exact) mass is 262 g/mol. The van der Waals surface area contributed by atoms with Crippen LogP contribution < -0.4 is 0 Å². The lowest BCUT2D eigenvalue weighted by Gasteiger charge is -2.17. The zero-order valence-corrected chi connectivity index (χ0v) is 7.90. The number of rotatable bonds is 1. The average molecular weight is 262 g/mol. The first-order valence-electron chi connectivity index (χ1n) is 4.15. The van der Waals surface area contributed by atoms with E-state index < -0.39 is 35.4 Å². The molecule has 0 saturated carbocycles. The largest absolute Gasteiger partial charge is 0.419 e. The van der Waals surface area contributed by atoms with Crippen molar-refractivity contribution < 1.29 is 35.8 Å². The number of aliphatic hydroxyl groups excluding tert-OH is 1. The molecular weight excluding hydrogens is 257 g/mol. The van der Waals surface area contributed by atoms with Crippen molar-refractivity contribution >= 4 is 0 Å². The van der Waals surface area contributed by atoms with Gasteiger partial charge < -0.3 is 5.11 Å².